The normalized spacial score (nSPS) is 9.31. The second-order valence-electron chi connectivity index (χ2n) is 2.66. The van der Waals surface area contributed by atoms with Gasteiger partial charge in [0.2, 0.25) is 0 Å². The van der Waals surface area contributed by atoms with E-state index in [0.717, 1.165) is 19.3 Å². The standard InChI is InChI=1S/C9H18N2O2/c1-3-5-6-8-11-13-9(12)10-7-4-2/h4,11H,2-3,5-8H2,1H3,(H,10,12). The third kappa shape index (κ3) is 8.88. The molecule has 0 aromatic carbocycles. The van der Waals surface area contributed by atoms with E-state index in [2.05, 4.69) is 29.1 Å². The van der Waals surface area contributed by atoms with E-state index in [9.17, 15) is 4.79 Å². The Morgan fingerprint density at radius 2 is 2.31 bits per heavy atom. The van der Waals surface area contributed by atoms with Gasteiger partial charge in [-0.2, -0.15) is 5.48 Å². The molecule has 0 saturated carbocycles. The molecule has 4 nitrogen and oxygen atoms in total. The highest BCUT2D eigenvalue weighted by molar-refractivity contribution is 5.66. The lowest BCUT2D eigenvalue weighted by Crippen LogP contribution is -2.30. The van der Waals surface area contributed by atoms with Gasteiger partial charge in [-0.05, 0) is 6.42 Å². The summed E-state index contributed by atoms with van der Waals surface area (Å²) in [6.07, 6.45) is 4.45. The van der Waals surface area contributed by atoms with Crippen molar-refractivity contribution in [2.45, 2.75) is 26.2 Å². The van der Waals surface area contributed by atoms with Gasteiger partial charge in [-0.25, -0.2) is 4.79 Å². The average Bonchev–Trinajstić information content (AvgIpc) is 2.14. The fraction of sp³-hybridized carbons (Fsp3) is 0.667. The van der Waals surface area contributed by atoms with E-state index in [0.29, 0.717) is 13.1 Å². The molecule has 0 aliphatic carbocycles. The Morgan fingerprint density at radius 1 is 1.54 bits per heavy atom. The quantitative estimate of drug-likeness (QED) is 0.360. The number of unbranched alkanes of at least 4 members (excludes halogenated alkanes) is 2. The van der Waals surface area contributed by atoms with Crippen molar-refractivity contribution in [2.24, 2.45) is 0 Å². The smallest absolute Gasteiger partial charge is 0.354 e. The molecule has 0 bridgehead atoms. The Labute approximate surface area is 79.3 Å². The number of carbonyl (C=O) groups excluding carboxylic acids is 1. The Morgan fingerprint density at radius 3 is 2.92 bits per heavy atom. The van der Waals surface area contributed by atoms with Gasteiger partial charge in [0.25, 0.3) is 0 Å². The highest BCUT2D eigenvalue weighted by Gasteiger charge is 1.97. The summed E-state index contributed by atoms with van der Waals surface area (Å²) in [5.41, 5.74) is 2.58. The first-order valence-corrected chi connectivity index (χ1v) is 4.59. The molecule has 0 heterocycles. The van der Waals surface area contributed by atoms with Crippen LogP contribution in [0.15, 0.2) is 12.7 Å². The summed E-state index contributed by atoms with van der Waals surface area (Å²) < 4.78 is 0. The van der Waals surface area contributed by atoms with Crippen molar-refractivity contribution in [3.05, 3.63) is 12.7 Å². The Kier molecular flexibility index (Phi) is 8.34. The summed E-state index contributed by atoms with van der Waals surface area (Å²) >= 11 is 0. The maximum Gasteiger partial charge on any atom is 0.426 e. The first-order chi connectivity index (χ1) is 6.31. The molecule has 0 saturated heterocycles. The number of hydrogen-bond donors (Lipinski definition) is 2. The van der Waals surface area contributed by atoms with Crippen LogP contribution in [0.1, 0.15) is 26.2 Å². The van der Waals surface area contributed by atoms with Gasteiger partial charge in [0.15, 0.2) is 0 Å². The average molecular weight is 186 g/mol. The van der Waals surface area contributed by atoms with Crippen molar-refractivity contribution in [3.63, 3.8) is 0 Å². The van der Waals surface area contributed by atoms with Crippen LogP contribution >= 0.6 is 0 Å². The van der Waals surface area contributed by atoms with E-state index in [1.807, 2.05) is 0 Å². The van der Waals surface area contributed by atoms with Crippen LogP contribution in [0.5, 0.6) is 0 Å². The first kappa shape index (κ1) is 12.0. The lowest BCUT2D eigenvalue weighted by Gasteiger charge is -2.05. The second-order valence-corrected chi connectivity index (χ2v) is 2.66. The number of hydrogen-bond acceptors (Lipinski definition) is 3. The Hall–Kier alpha value is -1.03. The molecule has 0 aromatic heterocycles. The minimum atomic E-state index is -0.462. The van der Waals surface area contributed by atoms with Crippen molar-refractivity contribution >= 4 is 6.09 Å². The lowest BCUT2D eigenvalue weighted by atomic mass is 10.3. The third-order valence-electron chi connectivity index (χ3n) is 1.44. The molecule has 0 aromatic rings. The first-order valence-electron chi connectivity index (χ1n) is 4.59. The minimum absolute atomic E-state index is 0.426. The molecule has 13 heavy (non-hydrogen) atoms. The molecular weight excluding hydrogens is 168 g/mol. The molecule has 0 aliphatic rings. The van der Waals surface area contributed by atoms with E-state index in [1.54, 1.807) is 6.08 Å². The van der Waals surface area contributed by atoms with Crippen LogP contribution in [0.3, 0.4) is 0 Å². The lowest BCUT2D eigenvalue weighted by molar-refractivity contribution is 0.0898. The predicted octanol–water partition coefficient (Wildman–Crippen LogP) is 1.59. The van der Waals surface area contributed by atoms with Crippen LogP contribution < -0.4 is 10.8 Å². The van der Waals surface area contributed by atoms with Gasteiger partial charge in [-0.15, -0.1) is 6.58 Å². The molecule has 1 amide bonds. The van der Waals surface area contributed by atoms with Crippen LogP contribution in [0, 0.1) is 0 Å². The van der Waals surface area contributed by atoms with Gasteiger partial charge in [-0.1, -0.05) is 25.8 Å². The highest BCUT2D eigenvalue weighted by Crippen LogP contribution is 1.90. The fourth-order valence-electron chi connectivity index (χ4n) is 0.755. The summed E-state index contributed by atoms with van der Waals surface area (Å²) in [7, 11) is 0. The molecule has 76 valence electrons. The zero-order valence-electron chi connectivity index (χ0n) is 8.14. The van der Waals surface area contributed by atoms with E-state index in [1.165, 1.54) is 0 Å². The third-order valence-corrected chi connectivity index (χ3v) is 1.44. The van der Waals surface area contributed by atoms with Crippen molar-refractivity contribution in [1.82, 2.24) is 10.8 Å². The Bertz CT molecular complexity index is 149. The van der Waals surface area contributed by atoms with Crippen LogP contribution in [0.25, 0.3) is 0 Å². The maximum atomic E-state index is 10.8. The summed E-state index contributed by atoms with van der Waals surface area (Å²) in [5.74, 6) is 0. The molecule has 0 atom stereocenters. The van der Waals surface area contributed by atoms with Gasteiger partial charge in [0.05, 0.1) is 0 Å². The molecule has 0 unspecified atom stereocenters. The number of hydroxylamine groups is 1. The highest BCUT2D eigenvalue weighted by atomic mass is 16.7. The summed E-state index contributed by atoms with van der Waals surface area (Å²) in [6, 6.07) is 0. The van der Waals surface area contributed by atoms with Crippen LogP contribution in [0.4, 0.5) is 4.79 Å². The van der Waals surface area contributed by atoms with Gasteiger partial charge < -0.3 is 10.2 Å². The summed E-state index contributed by atoms with van der Waals surface area (Å²) in [6.45, 7) is 6.72. The van der Waals surface area contributed by atoms with E-state index in [-0.39, 0.29) is 0 Å². The van der Waals surface area contributed by atoms with Crippen molar-refractivity contribution in [1.29, 1.82) is 0 Å². The molecule has 0 radical (unpaired) electrons. The van der Waals surface area contributed by atoms with Crippen LogP contribution in [-0.4, -0.2) is 19.2 Å². The van der Waals surface area contributed by atoms with Crippen molar-refractivity contribution in [3.8, 4) is 0 Å². The molecule has 2 N–H and O–H groups in total. The van der Waals surface area contributed by atoms with Crippen molar-refractivity contribution < 1.29 is 9.63 Å². The predicted molar refractivity (Wildman–Crippen MR) is 52.2 cm³/mol. The monoisotopic (exact) mass is 186 g/mol. The topological polar surface area (TPSA) is 50.4 Å². The molecule has 4 heteroatoms. The van der Waals surface area contributed by atoms with E-state index < -0.39 is 6.09 Å². The van der Waals surface area contributed by atoms with Gasteiger partial charge >= 0.3 is 6.09 Å². The number of carbonyl (C=O) groups is 1. The minimum Gasteiger partial charge on any atom is -0.354 e. The van der Waals surface area contributed by atoms with Crippen LogP contribution in [0.2, 0.25) is 0 Å². The van der Waals surface area contributed by atoms with Gasteiger partial charge in [-0.3, -0.25) is 0 Å². The van der Waals surface area contributed by atoms with E-state index >= 15 is 0 Å². The van der Waals surface area contributed by atoms with Gasteiger partial charge in [0.1, 0.15) is 0 Å². The number of rotatable bonds is 7. The second kappa shape index (κ2) is 9.06. The molecule has 0 aliphatic heterocycles. The van der Waals surface area contributed by atoms with Gasteiger partial charge in [0, 0.05) is 13.1 Å². The number of nitrogens with one attached hydrogen (secondary N) is 2. The summed E-state index contributed by atoms with van der Waals surface area (Å²) in [5, 5.41) is 2.48. The molecule has 0 fully saturated rings. The molecule has 0 spiro atoms. The Balaban J connectivity index is 3.12. The SMILES string of the molecule is C=CCNC(=O)ONCCCCC. The van der Waals surface area contributed by atoms with Crippen LogP contribution in [-0.2, 0) is 4.84 Å². The maximum absolute atomic E-state index is 10.8. The fourth-order valence-corrected chi connectivity index (χ4v) is 0.755. The summed E-state index contributed by atoms with van der Waals surface area (Å²) in [4.78, 5) is 15.4. The zero-order chi connectivity index (χ0) is 9.94. The number of amides is 1. The van der Waals surface area contributed by atoms with E-state index in [4.69, 9.17) is 0 Å². The molecular formula is C9H18N2O2. The largest absolute Gasteiger partial charge is 0.426 e. The van der Waals surface area contributed by atoms with Crippen molar-refractivity contribution in [2.75, 3.05) is 13.1 Å². The zero-order valence-corrected chi connectivity index (χ0v) is 8.14. The molecule has 0 rings (SSSR count).